The monoisotopic (exact) mass is 257 g/mol. The van der Waals surface area contributed by atoms with Gasteiger partial charge < -0.3 is 9.47 Å². The van der Waals surface area contributed by atoms with Crippen LogP contribution in [-0.4, -0.2) is 24.3 Å². The van der Waals surface area contributed by atoms with Crippen molar-refractivity contribution in [3.63, 3.8) is 0 Å². The first-order chi connectivity index (χ1) is 6.75. The Balaban J connectivity index is 1.91. The molecule has 1 aromatic heterocycles. The lowest BCUT2D eigenvalue weighted by Crippen LogP contribution is -2.32. The highest BCUT2D eigenvalue weighted by Crippen LogP contribution is 2.19. The minimum Gasteiger partial charge on any atom is -0.489 e. The standard InChI is InChI=1S/C10H12BrNO2/c1-7-4-9(5-12-10(7)11)14-6-8-2-3-13-8/h4-5,8H,2-3,6H2,1H3. The zero-order valence-electron chi connectivity index (χ0n) is 8.00. The van der Waals surface area contributed by atoms with Gasteiger partial charge in [-0.25, -0.2) is 4.98 Å². The van der Waals surface area contributed by atoms with Crippen molar-refractivity contribution in [3.05, 3.63) is 22.4 Å². The lowest BCUT2D eigenvalue weighted by molar-refractivity contribution is -0.0721. The van der Waals surface area contributed by atoms with E-state index in [1.807, 2.05) is 13.0 Å². The van der Waals surface area contributed by atoms with Gasteiger partial charge in [-0.05, 0) is 34.5 Å². The average molecular weight is 258 g/mol. The molecule has 1 unspecified atom stereocenters. The van der Waals surface area contributed by atoms with Crippen LogP contribution in [0.15, 0.2) is 16.9 Å². The fraction of sp³-hybridized carbons (Fsp3) is 0.500. The van der Waals surface area contributed by atoms with Crippen LogP contribution in [-0.2, 0) is 4.74 Å². The molecule has 1 fully saturated rings. The summed E-state index contributed by atoms with van der Waals surface area (Å²) in [7, 11) is 0. The normalized spacial score (nSPS) is 20.3. The van der Waals surface area contributed by atoms with E-state index in [1.54, 1.807) is 6.20 Å². The molecule has 1 aromatic rings. The predicted octanol–water partition coefficient (Wildman–Crippen LogP) is 2.32. The summed E-state index contributed by atoms with van der Waals surface area (Å²) in [5, 5.41) is 0. The van der Waals surface area contributed by atoms with Gasteiger partial charge in [-0.2, -0.15) is 0 Å². The van der Waals surface area contributed by atoms with Crippen molar-refractivity contribution in [2.45, 2.75) is 19.4 Å². The number of aromatic nitrogens is 1. The van der Waals surface area contributed by atoms with Gasteiger partial charge in [-0.1, -0.05) is 0 Å². The maximum atomic E-state index is 5.54. The van der Waals surface area contributed by atoms with Crippen molar-refractivity contribution < 1.29 is 9.47 Å². The molecule has 2 heterocycles. The maximum Gasteiger partial charge on any atom is 0.138 e. The Morgan fingerprint density at radius 2 is 2.50 bits per heavy atom. The van der Waals surface area contributed by atoms with Gasteiger partial charge in [0.15, 0.2) is 0 Å². The van der Waals surface area contributed by atoms with E-state index in [-0.39, 0.29) is 6.10 Å². The number of halogens is 1. The second-order valence-electron chi connectivity index (χ2n) is 3.37. The van der Waals surface area contributed by atoms with E-state index in [9.17, 15) is 0 Å². The van der Waals surface area contributed by atoms with Crippen LogP contribution in [0.3, 0.4) is 0 Å². The van der Waals surface area contributed by atoms with E-state index in [1.165, 1.54) is 0 Å². The molecular weight excluding hydrogens is 246 g/mol. The molecule has 0 aliphatic carbocycles. The van der Waals surface area contributed by atoms with Crippen LogP contribution in [0.1, 0.15) is 12.0 Å². The largest absolute Gasteiger partial charge is 0.489 e. The van der Waals surface area contributed by atoms with Crippen LogP contribution >= 0.6 is 15.9 Å². The van der Waals surface area contributed by atoms with E-state index >= 15 is 0 Å². The fourth-order valence-corrected chi connectivity index (χ4v) is 1.43. The van der Waals surface area contributed by atoms with Crippen molar-refractivity contribution in [3.8, 4) is 5.75 Å². The maximum absolute atomic E-state index is 5.54. The van der Waals surface area contributed by atoms with Gasteiger partial charge in [0.25, 0.3) is 0 Å². The molecule has 0 spiro atoms. The van der Waals surface area contributed by atoms with Crippen LogP contribution in [0, 0.1) is 6.92 Å². The summed E-state index contributed by atoms with van der Waals surface area (Å²) < 4.78 is 11.7. The molecule has 3 nitrogen and oxygen atoms in total. The molecule has 1 saturated heterocycles. The van der Waals surface area contributed by atoms with Gasteiger partial charge in [-0.3, -0.25) is 0 Å². The van der Waals surface area contributed by atoms with Crippen molar-refractivity contribution in [2.24, 2.45) is 0 Å². The number of rotatable bonds is 3. The van der Waals surface area contributed by atoms with Crippen LogP contribution in [0.5, 0.6) is 5.75 Å². The van der Waals surface area contributed by atoms with Crippen LogP contribution in [0.4, 0.5) is 0 Å². The van der Waals surface area contributed by atoms with Gasteiger partial charge >= 0.3 is 0 Å². The third kappa shape index (κ3) is 2.25. The van der Waals surface area contributed by atoms with E-state index in [0.29, 0.717) is 6.61 Å². The third-order valence-electron chi connectivity index (χ3n) is 2.22. The highest BCUT2D eigenvalue weighted by molar-refractivity contribution is 9.10. The number of aryl methyl sites for hydroxylation is 1. The molecule has 0 saturated carbocycles. The minimum atomic E-state index is 0.277. The summed E-state index contributed by atoms with van der Waals surface area (Å²) in [5.41, 5.74) is 1.08. The van der Waals surface area contributed by atoms with Gasteiger partial charge in [0.05, 0.1) is 12.3 Å². The Hall–Kier alpha value is -0.610. The fourth-order valence-electron chi connectivity index (χ4n) is 1.22. The van der Waals surface area contributed by atoms with Crippen molar-refractivity contribution >= 4 is 15.9 Å². The number of hydrogen-bond acceptors (Lipinski definition) is 3. The summed E-state index contributed by atoms with van der Waals surface area (Å²) in [6.07, 6.45) is 3.09. The number of hydrogen-bond donors (Lipinski definition) is 0. The highest BCUT2D eigenvalue weighted by atomic mass is 79.9. The summed E-state index contributed by atoms with van der Waals surface area (Å²) in [6, 6.07) is 1.97. The quantitative estimate of drug-likeness (QED) is 0.779. The second kappa shape index (κ2) is 4.28. The predicted molar refractivity (Wildman–Crippen MR) is 56.5 cm³/mol. The number of pyridine rings is 1. The molecule has 1 aliphatic rings. The van der Waals surface area contributed by atoms with Crippen LogP contribution in [0.25, 0.3) is 0 Å². The molecule has 1 aliphatic heterocycles. The van der Waals surface area contributed by atoms with Crippen LogP contribution < -0.4 is 4.74 Å². The zero-order chi connectivity index (χ0) is 9.97. The molecular formula is C10H12BrNO2. The molecule has 0 aromatic carbocycles. The number of ether oxygens (including phenoxy) is 2. The van der Waals surface area contributed by atoms with Crippen molar-refractivity contribution in [1.29, 1.82) is 0 Å². The molecule has 4 heteroatoms. The Kier molecular flexibility index (Phi) is 3.03. The molecule has 2 rings (SSSR count). The van der Waals surface area contributed by atoms with Crippen molar-refractivity contribution in [1.82, 2.24) is 4.98 Å². The van der Waals surface area contributed by atoms with E-state index < -0.39 is 0 Å². The highest BCUT2D eigenvalue weighted by Gasteiger charge is 2.18. The van der Waals surface area contributed by atoms with Gasteiger partial charge in [0, 0.05) is 13.0 Å². The Bertz CT molecular complexity index is 326. The molecule has 0 N–H and O–H groups in total. The Morgan fingerprint density at radius 3 is 3.07 bits per heavy atom. The lowest BCUT2D eigenvalue weighted by atomic mass is 10.2. The van der Waals surface area contributed by atoms with Crippen LogP contribution in [0.2, 0.25) is 0 Å². The van der Waals surface area contributed by atoms with Gasteiger partial charge in [0.1, 0.15) is 17.0 Å². The van der Waals surface area contributed by atoms with E-state index in [0.717, 1.165) is 28.9 Å². The zero-order valence-corrected chi connectivity index (χ0v) is 9.58. The number of nitrogens with zero attached hydrogens (tertiary/aromatic N) is 1. The molecule has 0 radical (unpaired) electrons. The minimum absolute atomic E-state index is 0.277. The van der Waals surface area contributed by atoms with Gasteiger partial charge in [0.2, 0.25) is 0 Å². The lowest BCUT2D eigenvalue weighted by Gasteiger charge is -2.26. The molecule has 14 heavy (non-hydrogen) atoms. The first kappa shape index (κ1) is 9.93. The summed E-state index contributed by atoms with van der Waals surface area (Å²) in [5.74, 6) is 0.807. The first-order valence-electron chi connectivity index (χ1n) is 4.62. The van der Waals surface area contributed by atoms with E-state index in [4.69, 9.17) is 9.47 Å². The Labute approximate surface area is 91.6 Å². The topological polar surface area (TPSA) is 31.4 Å². The first-order valence-corrected chi connectivity index (χ1v) is 5.41. The molecule has 0 amide bonds. The molecule has 76 valence electrons. The Morgan fingerprint density at radius 1 is 1.71 bits per heavy atom. The summed E-state index contributed by atoms with van der Waals surface area (Å²) >= 11 is 3.34. The molecule has 1 atom stereocenters. The summed E-state index contributed by atoms with van der Waals surface area (Å²) in [6.45, 7) is 3.48. The molecule has 0 bridgehead atoms. The summed E-state index contributed by atoms with van der Waals surface area (Å²) in [4.78, 5) is 4.15. The van der Waals surface area contributed by atoms with Crippen molar-refractivity contribution in [2.75, 3.05) is 13.2 Å². The third-order valence-corrected chi connectivity index (χ3v) is 3.05. The van der Waals surface area contributed by atoms with E-state index in [2.05, 4.69) is 20.9 Å². The smallest absolute Gasteiger partial charge is 0.138 e. The average Bonchev–Trinajstić information content (AvgIpc) is 2.08. The second-order valence-corrected chi connectivity index (χ2v) is 4.12. The van der Waals surface area contributed by atoms with Gasteiger partial charge in [-0.15, -0.1) is 0 Å². The SMILES string of the molecule is Cc1cc(OCC2CCO2)cnc1Br.